The zero-order valence-electron chi connectivity index (χ0n) is 13.6. The van der Waals surface area contributed by atoms with Crippen LogP contribution in [0.4, 0.5) is 14.5 Å². The summed E-state index contributed by atoms with van der Waals surface area (Å²) in [6.45, 7) is 3.82. The predicted molar refractivity (Wildman–Crippen MR) is 87.6 cm³/mol. The first kappa shape index (κ1) is 16.6. The third-order valence-corrected chi connectivity index (χ3v) is 4.36. The third kappa shape index (κ3) is 3.46. The first-order valence-electron chi connectivity index (χ1n) is 7.86. The van der Waals surface area contributed by atoms with E-state index in [9.17, 15) is 13.6 Å². The number of halogens is 2. The second kappa shape index (κ2) is 6.32. The monoisotopic (exact) mass is 334 g/mol. The van der Waals surface area contributed by atoms with E-state index in [4.69, 9.17) is 0 Å². The first-order valence-corrected chi connectivity index (χ1v) is 7.86. The van der Waals surface area contributed by atoms with E-state index in [0.717, 1.165) is 17.1 Å². The largest absolute Gasteiger partial charge is 0.326 e. The smallest absolute Gasteiger partial charge is 0.261 e. The highest BCUT2D eigenvalue weighted by Crippen LogP contribution is 2.27. The fraction of sp³-hybridized carbons (Fsp3) is 0.412. The molecule has 2 heterocycles. The van der Waals surface area contributed by atoms with Crippen molar-refractivity contribution in [1.29, 1.82) is 0 Å². The molecule has 0 spiro atoms. The number of aromatic nitrogens is 2. The number of aryl methyl sites for hydroxylation is 1. The van der Waals surface area contributed by atoms with E-state index < -0.39 is 18.3 Å². The van der Waals surface area contributed by atoms with Gasteiger partial charge in [0.15, 0.2) is 0 Å². The summed E-state index contributed by atoms with van der Waals surface area (Å²) < 4.78 is 28.7. The van der Waals surface area contributed by atoms with E-state index in [1.807, 2.05) is 30.5 Å². The molecule has 1 aromatic carbocycles. The zero-order valence-corrected chi connectivity index (χ0v) is 13.6. The molecule has 0 aliphatic carbocycles. The summed E-state index contributed by atoms with van der Waals surface area (Å²) >= 11 is 0. The molecule has 7 heteroatoms. The molecule has 1 aliphatic rings. The molecule has 2 N–H and O–H groups in total. The summed E-state index contributed by atoms with van der Waals surface area (Å²) in [5.74, 6) is -3.95. The lowest BCUT2D eigenvalue weighted by molar-refractivity contribution is -0.125. The molecule has 1 aromatic heterocycles. The van der Waals surface area contributed by atoms with Crippen LogP contribution in [0.2, 0.25) is 0 Å². The molecule has 3 rings (SSSR count). The van der Waals surface area contributed by atoms with Crippen molar-refractivity contribution in [2.75, 3.05) is 18.4 Å². The molecule has 1 unspecified atom stereocenters. The van der Waals surface area contributed by atoms with Gasteiger partial charge in [0.25, 0.3) is 5.92 Å². The van der Waals surface area contributed by atoms with Gasteiger partial charge in [-0.1, -0.05) is 0 Å². The van der Waals surface area contributed by atoms with E-state index in [1.54, 1.807) is 18.5 Å². The summed E-state index contributed by atoms with van der Waals surface area (Å²) in [6, 6.07) is 7.24. The van der Waals surface area contributed by atoms with Crippen LogP contribution < -0.4 is 10.6 Å². The lowest BCUT2D eigenvalue weighted by atomic mass is 9.96. The van der Waals surface area contributed by atoms with Crippen molar-refractivity contribution >= 4 is 11.6 Å². The number of carbonyl (C=O) groups is 1. The Kier molecular flexibility index (Phi) is 4.36. The van der Waals surface area contributed by atoms with Gasteiger partial charge in [-0.25, -0.2) is 13.8 Å². The molecule has 1 aliphatic heterocycles. The van der Waals surface area contributed by atoms with Crippen molar-refractivity contribution in [2.24, 2.45) is 5.92 Å². The van der Waals surface area contributed by atoms with Gasteiger partial charge in [0, 0.05) is 30.0 Å². The van der Waals surface area contributed by atoms with Crippen molar-refractivity contribution < 1.29 is 13.6 Å². The van der Waals surface area contributed by atoms with Gasteiger partial charge in [-0.3, -0.25) is 4.79 Å². The maximum absolute atomic E-state index is 13.4. The molecule has 1 saturated heterocycles. The number of piperidine rings is 1. The average molecular weight is 334 g/mol. The second-order valence-electron chi connectivity index (χ2n) is 6.21. The van der Waals surface area contributed by atoms with E-state index in [-0.39, 0.29) is 19.0 Å². The zero-order chi connectivity index (χ0) is 17.3. The van der Waals surface area contributed by atoms with Crippen molar-refractivity contribution in [3.63, 3.8) is 0 Å². The lowest BCUT2D eigenvalue weighted by Gasteiger charge is -2.28. The highest BCUT2D eigenvalue weighted by molar-refractivity contribution is 5.92. The van der Waals surface area contributed by atoms with Crippen LogP contribution in [-0.2, 0) is 4.79 Å². The SMILES string of the molecule is Cc1ncn(-c2ccc(NC(=O)C3CNCC(F)(F)C3)cc2)c1C. The van der Waals surface area contributed by atoms with Crippen molar-refractivity contribution in [1.82, 2.24) is 14.9 Å². The Balaban J connectivity index is 1.68. The number of anilines is 1. The maximum Gasteiger partial charge on any atom is 0.261 e. The van der Waals surface area contributed by atoms with E-state index in [2.05, 4.69) is 15.6 Å². The van der Waals surface area contributed by atoms with Gasteiger partial charge in [0.2, 0.25) is 5.91 Å². The molecule has 1 amide bonds. The normalized spacial score (nSPS) is 19.9. The van der Waals surface area contributed by atoms with E-state index >= 15 is 0 Å². The number of imidazole rings is 1. The standard InChI is InChI=1S/C17H20F2N4O/c1-11-12(2)23(10-21-11)15-5-3-14(4-6-15)22-16(24)13-7-17(18,19)9-20-8-13/h3-6,10,13,20H,7-9H2,1-2H3,(H,22,24). The molecule has 5 nitrogen and oxygen atoms in total. The number of hydrogen-bond acceptors (Lipinski definition) is 3. The van der Waals surface area contributed by atoms with Gasteiger partial charge in [-0.2, -0.15) is 0 Å². The Labute approximate surface area is 139 Å². The number of nitrogens with one attached hydrogen (secondary N) is 2. The van der Waals surface area contributed by atoms with Gasteiger partial charge in [-0.05, 0) is 38.1 Å². The Hall–Kier alpha value is -2.28. The Morgan fingerprint density at radius 3 is 2.62 bits per heavy atom. The number of nitrogens with zero attached hydrogens (tertiary/aromatic N) is 2. The summed E-state index contributed by atoms with van der Waals surface area (Å²) in [4.78, 5) is 16.4. The molecule has 0 saturated carbocycles. The topological polar surface area (TPSA) is 59.0 Å². The van der Waals surface area contributed by atoms with Crippen LogP contribution in [0.5, 0.6) is 0 Å². The lowest BCUT2D eigenvalue weighted by Crippen LogP contribution is -2.47. The average Bonchev–Trinajstić information content (AvgIpc) is 2.87. The highest BCUT2D eigenvalue weighted by Gasteiger charge is 2.39. The number of carbonyl (C=O) groups excluding carboxylic acids is 1. The van der Waals surface area contributed by atoms with Gasteiger partial charge in [0.1, 0.15) is 0 Å². The van der Waals surface area contributed by atoms with Gasteiger partial charge in [0.05, 0.1) is 24.5 Å². The summed E-state index contributed by atoms with van der Waals surface area (Å²) in [5.41, 5.74) is 3.52. The van der Waals surface area contributed by atoms with Gasteiger partial charge >= 0.3 is 0 Å². The van der Waals surface area contributed by atoms with E-state index in [0.29, 0.717) is 5.69 Å². The fourth-order valence-electron chi connectivity index (χ4n) is 2.83. The van der Waals surface area contributed by atoms with Crippen LogP contribution in [-0.4, -0.2) is 34.5 Å². The molecular formula is C17H20F2N4O. The second-order valence-corrected chi connectivity index (χ2v) is 6.21. The van der Waals surface area contributed by atoms with E-state index in [1.165, 1.54) is 0 Å². The minimum absolute atomic E-state index is 0.271. The van der Waals surface area contributed by atoms with Crippen LogP contribution in [0.1, 0.15) is 17.8 Å². The van der Waals surface area contributed by atoms with Gasteiger partial charge in [-0.15, -0.1) is 0 Å². The quantitative estimate of drug-likeness (QED) is 0.907. The molecule has 0 radical (unpaired) electrons. The number of rotatable bonds is 3. The Bertz CT molecular complexity index is 740. The van der Waals surface area contributed by atoms with Crippen molar-refractivity contribution in [3.8, 4) is 5.69 Å². The summed E-state index contributed by atoms with van der Waals surface area (Å²) in [7, 11) is 0. The number of amides is 1. The molecule has 2 aromatic rings. The maximum atomic E-state index is 13.4. The molecule has 1 fully saturated rings. The Morgan fingerprint density at radius 2 is 2.04 bits per heavy atom. The molecule has 24 heavy (non-hydrogen) atoms. The summed E-state index contributed by atoms with van der Waals surface area (Å²) in [6.07, 6.45) is 1.32. The minimum atomic E-state index is -2.83. The minimum Gasteiger partial charge on any atom is -0.326 e. The van der Waals surface area contributed by atoms with Crippen LogP contribution in [0, 0.1) is 19.8 Å². The number of alkyl halides is 2. The fourth-order valence-corrected chi connectivity index (χ4v) is 2.83. The number of benzene rings is 1. The van der Waals surface area contributed by atoms with Crippen LogP contribution in [0.15, 0.2) is 30.6 Å². The summed E-state index contributed by atoms with van der Waals surface area (Å²) in [5, 5.41) is 5.32. The van der Waals surface area contributed by atoms with Crippen LogP contribution in [0.25, 0.3) is 5.69 Å². The molecular weight excluding hydrogens is 314 g/mol. The van der Waals surface area contributed by atoms with Gasteiger partial charge < -0.3 is 15.2 Å². The molecule has 128 valence electrons. The Morgan fingerprint density at radius 1 is 1.33 bits per heavy atom. The third-order valence-electron chi connectivity index (χ3n) is 4.36. The van der Waals surface area contributed by atoms with Crippen LogP contribution >= 0.6 is 0 Å². The number of hydrogen-bond donors (Lipinski definition) is 2. The van der Waals surface area contributed by atoms with Crippen molar-refractivity contribution in [3.05, 3.63) is 42.0 Å². The van der Waals surface area contributed by atoms with Crippen molar-refractivity contribution in [2.45, 2.75) is 26.2 Å². The molecule has 1 atom stereocenters. The van der Waals surface area contributed by atoms with Crippen LogP contribution in [0.3, 0.4) is 0 Å². The highest BCUT2D eigenvalue weighted by atomic mass is 19.3. The molecule has 0 bridgehead atoms. The predicted octanol–water partition coefficient (Wildman–Crippen LogP) is 2.67. The first-order chi connectivity index (χ1) is 11.4.